The number of nitrogens with one attached hydrogen (secondary N) is 2. The molecule has 120 valence electrons. The maximum absolute atomic E-state index is 12.2. The minimum absolute atomic E-state index is 0.144. The fourth-order valence-corrected chi connectivity index (χ4v) is 1.98. The summed E-state index contributed by atoms with van der Waals surface area (Å²) in [7, 11) is 0. The third kappa shape index (κ3) is 4.81. The first-order valence-corrected chi connectivity index (χ1v) is 7.32. The number of carbonyl (C=O) groups excluding carboxylic acids is 2. The van der Waals surface area contributed by atoms with E-state index in [1.165, 1.54) is 0 Å². The number of carbonyl (C=O) groups is 2. The van der Waals surface area contributed by atoms with E-state index in [-0.39, 0.29) is 18.4 Å². The molecule has 0 radical (unpaired) electrons. The van der Waals surface area contributed by atoms with Crippen LogP contribution in [0, 0.1) is 6.92 Å². The summed E-state index contributed by atoms with van der Waals surface area (Å²) in [6.45, 7) is 4.07. The zero-order valence-electron chi connectivity index (χ0n) is 13.1. The van der Waals surface area contributed by atoms with Crippen molar-refractivity contribution in [2.45, 2.75) is 13.8 Å². The molecule has 0 aliphatic rings. The quantitative estimate of drug-likeness (QED) is 0.856. The molecule has 23 heavy (non-hydrogen) atoms. The number of rotatable bonds is 6. The van der Waals surface area contributed by atoms with Gasteiger partial charge in [0, 0.05) is 6.20 Å². The Morgan fingerprint density at radius 1 is 1.22 bits per heavy atom. The molecule has 0 aliphatic carbocycles. The van der Waals surface area contributed by atoms with Gasteiger partial charge in [0.1, 0.15) is 11.6 Å². The second-order valence-electron chi connectivity index (χ2n) is 4.88. The van der Waals surface area contributed by atoms with Crippen molar-refractivity contribution < 1.29 is 14.3 Å². The third-order valence-electron chi connectivity index (χ3n) is 3.02. The van der Waals surface area contributed by atoms with Gasteiger partial charge in [-0.15, -0.1) is 0 Å². The average molecular weight is 313 g/mol. The summed E-state index contributed by atoms with van der Waals surface area (Å²) in [5.74, 6) is 0.249. The van der Waals surface area contributed by atoms with Gasteiger partial charge >= 0.3 is 0 Å². The Bertz CT molecular complexity index is 701. The molecule has 0 bridgehead atoms. The molecule has 0 saturated carbocycles. The number of pyridine rings is 1. The highest BCUT2D eigenvalue weighted by Gasteiger charge is 2.13. The summed E-state index contributed by atoms with van der Waals surface area (Å²) >= 11 is 0. The van der Waals surface area contributed by atoms with Crippen LogP contribution in [0.5, 0.6) is 5.75 Å². The van der Waals surface area contributed by atoms with E-state index in [2.05, 4.69) is 15.6 Å². The van der Waals surface area contributed by atoms with Crippen molar-refractivity contribution in [3.05, 3.63) is 53.7 Å². The number of para-hydroxylation sites is 1. The fraction of sp³-hybridized carbons (Fsp3) is 0.235. The summed E-state index contributed by atoms with van der Waals surface area (Å²) in [6, 6.07) is 10.5. The molecule has 1 heterocycles. The van der Waals surface area contributed by atoms with E-state index in [1.807, 2.05) is 19.9 Å². The molecule has 1 aromatic heterocycles. The largest absolute Gasteiger partial charge is 0.493 e. The van der Waals surface area contributed by atoms with Crippen LogP contribution in [-0.4, -0.2) is 29.9 Å². The van der Waals surface area contributed by atoms with Crippen LogP contribution in [0.2, 0.25) is 0 Å². The molecular weight excluding hydrogens is 294 g/mol. The predicted octanol–water partition coefficient (Wildman–Crippen LogP) is 2.16. The highest BCUT2D eigenvalue weighted by Crippen LogP contribution is 2.17. The highest BCUT2D eigenvalue weighted by molar-refractivity contribution is 6.00. The van der Waals surface area contributed by atoms with Gasteiger partial charge in [0.25, 0.3) is 5.91 Å². The van der Waals surface area contributed by atoms with Crippen LogP contribution in [0.15, 0.2) is 42.6 Å². The molecule has 0 atom stereocenters. The minimum Gasteiger partial charge on any atom is -0.493 e. The molecule has 0 aliphatic heterocycles. The van der Waals surface area contributed by atoms with Crippen molar-refractivity contribution in [1.82, 2.24) is 10.3 Å². The molecule has 0 saturated heterocycles. The maximum atomic E-state index is 12.2. The zero-order valence-corrected chi connectivity index (χ0v) is 13.1. The van der Waals surface area contributed by atoms with Crippen LogP contribution in [-0.2, 0) is 4.79 Å². The molecule has 2 rings (SSSR count). The molecule has 0 fully saturated rings. The second kappa shape index (κ2) is 7.93. The number of hydrogen-bond acceptors (Lipinski definition) is 4. The Labute approximate surface area is 134 Å². The summed E-state index contributed by atoms with van der Waals surface area (Å²) < 4.78 is 5.40. The van der Waals surface area contributed by atoms with Crippen LogP contribution < -0.4 is 15.4 Å². The van der Waals surface area contributed by atoms with Crippen LogP contribution in [0.25, 0.3) is 0 Å². The lowest BCUT2D eigenvalue weighted by Gasteiger charge is -2.10. The number of ether oxygens (including phenoxy) is 1. The summed E-state index contributed by atoms with van der Waals surface area (Å²) in [5.41, 5.74) is 1.39. The average Bonchev–Trinajstić information content (AvgIpc) is 2.53. The first kappa shape index (κ1) is 16.5. The molecule has 0 unspecified atom stereocenters. The van der Waals surface area contributed by atoms with E-state index in [1.54, 1.807) is 36.5 Å². The molecule has 1 aromatic carbocycles. The van der Waals surface area contributed by atoms with Crippen molar-refractivity contribution in [3.8, 4) is 5.75 Å². The molecule has 2 aromatic rings. The number of amides is 2. The number of aromatic nitrogens is 1. The van der Waals surface area contributed by atoms with E-state index < -0.39 is 0 Å². The van der Waals surface area contributed by atoms with E-state index in [0.717, 1.165) is 5.56 Å². The van der Waals surface area contributed by atoms with Crippen LogP contribution in [0.3, 0.4) is 0 Å². The number of benzene rings is 1. The van der Waals surface area contributed by atoms with E-state index in [4.69, 9.17) is 4.74 Å². The topological polar surface area (TPSA) is 80.3 Å². The Morgan fingerprint density at radius 3 is 2.74 bits per heavy atom. The first-order chi connectivity index (χ1) is 11.1. The smallest absolute Gasteiger partial charge is 0.255 e. The van der Waals surface area contributed by atoms with Crippen LogP contribution >= 0.6 is 0 Å². The lowest BCUT2D eigenvalue weighted by Crippen LogP contribution is -2.33. The standard InChI is InChI=1S/C17H19N3O3/c1-3-23-14-7-5-4-6-13(14)17(22)19-11-16(21)20-15-10-12(2)8-9-18-15/h4-10H,3,11H2,1-2H3,(H,19,22)(H,18,20,21). The molecular formula is C17H19N3O3. The van der Waals surface area contributed by atoms with Gasteiger partial charge in [0.05, 0.1) is 18.7 Å². The minimum atomic E-state index is -0.360. The summed E-state index contributed by atoms with van der Waals surface area (Å²) in [6.07, 6.45) is 1.61. The van der Waals surface area contributed by atoms with Crippen molar-refractivity contribution >= 4 is 17.6 Å². The Morgan fingerprint density at radius 2 is 2.00 bits per heavy atom. The van der Waals surface area contributed by atoms with E-state index in [9.17, 15) is 9.59 Å². The van der Waals surface area contributed by atoms with Gasteiger partial charge in [-0.25, -0.2) is 4.98 Å². The van der Waals surface area contributed by atoms with Gasteiger partial charge in [-0.2, -0.15) is 0 Å². The summed E-state index contributed by atoms with van der Waals surface area (Å²) in [4.78, 5) is 28.1. The van der Waals surface area contributed by atoms with Gasteiger partial charge in [-0.05, 0) is 43.7 Å². The van der Waals surface area contributed by atoms with Crippen LogP contribution in [0.1, 0.15) is 22.8 Å². The third-order valence-corrected chi connectivity index (χ3v) is 3.02. The predicted molar refractivity (Wildman–Crippen MR) is 87.5 cm³/mol. The first-order valence-electron chi connectivity index (χ1n) is 7.32. The van der Waals surface area contributed by atoms with Crippen molar-refractivity contribution in [1.29, 1.82) is 0 Å². The van der Waals surface area contributed by atoms with Crippen molar-refractivity contribution in [3.63, 3.8) is 0 Å². The molecule has 2 N–H and O–H groups in total. The van der Waals surface area contributed by atoms with E-state index in [0.29, 0.717) is 23.7 Å². The number of nitrogens with zero attached hydrogens (tertiary/aromatic N) is 1. The molecule has 6 heteroatoms. The Hall–Kier alpha value is -2.89. The van der Waals surface area contributed by atoms with Gasteiger partial charge in [0.15, 0.2) is 0 Å². The number of aryl methyl sites for hydroxylation is 1. The van der Waals surface area contributed by atoms with Gasteiger partial charge in [0.2, 0.25) is 5.91 Å². The van der Waals surface area contributed by atoms with Gasteiger partial charge < -0.3 is 15.4 Å². The van der Waals surface area contributed by atoms with Crippen molar-refractivity contribution in [2.75, 3.05) is 18.5 Å². The second-order valence-corrected chi connectivity index (χ2v) is 4.88. The number of anilines is 1. The van der Waals surface area contributed by atoms with Gasteiger partial charge in [-0.3, -0.25) is 9.59 Å². The normalized spacial score (nSPS) is 10.0. The lowest BCUT2D eigenvalue weighted by atomic mass is 10.2. The lowest BCUT2D eigenvalue weighted by molar-refractivity contribution is -0.115. The Balaban J connectivity index is 1.92. The zero-order chi connectivity index (χ0) is 16.7. The molecule has 6 nitrogen and oxygen atoms in total. The molecule has 0 spiro atoms. The fourth-order valence-electron chi connectivity index (χ4n) is 1.98. The van der Waals surface area contributed by atoms with Gasteiger partial charge in [-0.1, -0.05) is 12.1 Å². The SMILES string of the molecule is CCOc1ccccc1C(=O)NCC(=O)Nc1cc(C)ccn1. The highest BCUT2D eigenvalue weighted by atomic mass is 16.5. The summed E-state index contributed by atoms with van der Waals surface area (Å²) in [5, 5.41) is 5.21. The van der Waals surface area contributed by atoms with Crippen LogP contribution in [0.4, 0.5) is 5.82 Å². The van der Waals surface area contributed by atoms with Crippen molar-refractivity contribution in [2.24, 2.45) is 0 Å². The van der Waals surface area contributed by atoms with E-state index >= 15 is 0 Å². The Kier molecular flexibility index (Phi) is 5.68. The number of hydrogen-bond donors (Lipinski definition) is 2. The monoisotopic (exact) mass is 313 g/mol. The maximum Gasteiger partial charge on any atom is 0.255 e. The molecule has 2 amide bonds.